The number of ether oxygens (including phenoxy) is 8. The number of hydrogen-bond acceptors (Lipinski definition) is 23. The number of aliphatic hydroxyl groups is 14. The molecular weight excluding hydrogens is 1030 g/mol. The first-order valence-corrected chi connectivity index (χ1v) is 27.9. The van der Waals surface area contributed by atoms with Gasteiger partial charge in [-0.15, -0.1) is 0 Å². The van der Waals surface area contributed by atoms with Crippen LogP contribution in [-0.4, -0.2) is 235 Å². The molecule has 0 aromatic heterocycles. The summed E-state index contributed by atoms with van der Waals surface area (Å²) in [6.45, 7) is 8.80. The number of hydrogen-bond donors (Lipinski definition) is 14. The van der Waals surface area contributed by atoms with Crippen LogP contribution < -0.4 is 0 Å². The van der Waals surface area contributed by atoms with Crippen molar-refractivity contribution in [2.45, 2.75) is 191 Å². The van der Waals surface area contributed by atoms with E-state index in [2.05, 4.69) is 13.5 Å². The van der Waals surface area contributed by atoms with Gasteiger partial charge in [-0.25, -0.2) is 0 Å². The number of carbonyl (C=O) groups excluding carboxylic acids is 1. The molecule has 14 N–H and O–H groups in total. The third kappa shape index (κ3) is 16.6. The standard InChI is InChI=1S/C55H94O23/c1-29-16-34-10-13-49-54(5,14-7-15-55(49,6)53(70)78-52(73-30(2)19-56)50(69)36(31(3)62)26-72-28-48-41(67)18-39(65)46(24-61)75-48)37(34)11-8-33(29)9-12-43(76-51(42(68)21-58)77-44(22-59)32(4)63)35(20-57)25-71-27-47-40(66)17-38(64)45(23-60)74-47/h17-18,30-37,40-52,56-69H,1,7-16,19-28H2,2-6H3/t30?,31?,32-,33-,34?,35-,36?,37+,40-,41-,42-,43?,44?,45?,46?,47?,48?,49-,50?,51?,52?,54-,55+/m0/s1. The van der Waals surface area contributed by atoms with Gasteiger partial charge in [-0.3, -0.25) is 4.79 Å². The lowest BCUT2D eigenvalue weighted by molar-refractivity contribution is -0.266. The predicted octanol–water partition coefficient (Wildman–Crippen LogP) is 0.176. The van der Waals surface area contributed by atoms with Gasteiger partial charge in [-0.2, -0.15) is 0 Å². The molecule has 23 atom stereocenters. The van der Waals surface area contributed by atoms with Gasteiger partial charge in [0.25, 0.3) is 0 Å². The zero-order valence-electron chi connectivity index (χ0n) is 46.1. The van der Waals surface area contributed by atoms with Crippen molar-refractivity contribution >= 4 is 5.97 Å². The van der Waals surface area contributed by atoms with E-state index in [1.54, 1.807) is 6.92 Å². The van der Waals surface area contributed by atoms with Gasteiger partial charge >= 0.3 is 5.97 Å². The predicted molar refractivity (Wildman–Crippen MR) is 277 cm³/mol. The van der Waals surface area contributed by atoms with Crippen LogP contribution in [0.2, 0.25) is 0 Å². The average molecular weight is 1120 g/mol. The molecule has 0 spiro atoms. The van der Waals surface area contributed by atoms with Crippen LogP contribution in [0.25, 0.3) is 0 Å². The Morgan fingerprint density at radius 2 is 1.33 bits per heavy atom. The molecule has 0 aromatic carbocycles. The van der Waals surface area contributed by atoms with Gasteiger partial charge in [0.05, 0.1) is 95.9 Å². The summed E-state index contributed by atoms with van der Waals surface area (Å²) in [5, 5.41) is 145. The van der Waals surface area contributed by atoms with Gasteiger partial charge < -0.3 is 109 Å². The molecule has 3 saturated carbocycles. The van der Waals surface area contributed by atoms with Crippen LogP contribution in [-0.2, 0) is 42.7 Å². The largest absolute Gasteiger partial charge is 0.510 e. The molecule has 452 valence electrons. The zero-order chi connectivity index (χ0) is 57.6. The first-order valence-electron chi connectivity index (χ1n) is 27.9. The summed E-state index contributed by atoms with van der Waals surface area (Å²) < 4.78 is 47.3. The molecule has 3 aliphatic carbocycles. The fraction of sp³-hybridized carbons (Fsp3) is 0.873. The van der Waals surface area contributed by atoms with Crippen LogP contribution >= 0.6 is 0 Å². The summed E-state index contributed by atoms with van der Waals surface area (Å²) in [7, 11) is 0. The quantitative estimate of drug-likeness (QED) is 0.0250. The maximum Gasteiger partial charge on any atom is 0.314 e. The minimum Gasteiger partial charge on any atom is -0.510 e. The maximum atomic E-state index is 14.8. The van der Waals surface area contributed by atoms with Crippen molar-refractivity contribution in [1.29, 1.82) is 0 Å². The second kappa shape index (κ2) is 30.7. The third-order valence-electron chi connectivity index (χ3n) is 17.5. The second-order valence-corrected chi connectivity index (χ2v) is 23.0. The molecule has 2 aliphatic heterocycles. The molecule has 23 heteroatoms. The summed E-state index contributed by atoms with van der Waals surface area (Å²) in [4.78, 5) is 14.8. The fourth-order valence-corrected chi connectivity index (χ4v) is 12.7. The van der Waals surface area contributed by atoms with Crippen LogP contribution in [0, 0.1) is 46.3 Å². The smallest absolute Gasteiger partial charge is 0.314 e. The van der Waals surface area contributed by atoms with Crippen molar-refractivity contribution in [3.8, 4) is 0 Å². The highest BCUT2D eigenvalue weighted by atomic mass is 16.7. The Morgan fingerprint density at radius 1 is 0.731 bits per heavy atom. The lowest BCUT2D eigenvalue weighted by Gasteiger charge is -2.59. The molecule has 3 fully saturated rings. The number of rotatable bonds is 31. The summed E-state index contributed by atoms with van der Waals surface area (Å²) in [5.41, 5.74) is -0.319. The lowest BCUT2D eigenvalue weighted by atomic mass is 9.45. The van der Waals surface area contributed by atoms with Gasteiger partial charge in [0.15, 0.2) is 6.29 Å². The molecule has 78 heavy (non-hydrogen) atoms. The molecule has 5 rings (SSSR count). The zero-order valence-corrected chi connectivity index (χ0v) is 46.1. The van der Waals surface area contributed by atoms with Crippen LogP contribution in [0.15, 0.2) is 35.8 Å². The van der Waals surface area contributed by atoms with E-state index in [0.717, 1.165) is 49.8 Å². The number of fused-ring (bicyclic) bond motifs is 3. The number of esters is 1. The molecule has 2 heterocycles. The Morgan fingerprint density at radius 3 is 1.87 bits per heavy atom. The lowest BCUT2D eigenvalue weighted by Crippen LogP contribution is -2.56. The van der Waals surface area contributed by atoms with Crippen LogP contribution in [0.5, 0.6) is 0 Å². The van der Waals surface area contributed by atoms with Gasteiger partial charge in [0, 0.05) is 11.8 Å². The Bertz CT molecular complexity index is 1890. The minimum atomic E-state index is -1.64. The van der Waals surface area contributed by atoms with E-state index < -0.39 is 155 Å². The van der Waals surface area contributed by atoms with E-state index in [1.165, 1.54) is 13.8 Å². The normalized spacial score (nSPS) is 35.0. The molecule has 13 unspecified atom stereocenters. The number of allylic oxidation sites excluding steroid dienone is 1. The van der Waals surface area contributed by atoms with Crippen LogP contribution in [0.1, 0.15) is 98.8 Å². The molecule has 0 amide bonds. The van der Waals surface area contributed by atoms with Gasteiger partial charge in [0.2, 0.25) is 6.29 Å². The molecule has 0 aromatic rings. The highest BCUT2D eigenvalue weighted by Crippen LogP contribution is 2.64. The maximum absolute atomic E-state index is 14.8. The van der Waals surface area contributed by atoms with Crippen molar-refractivity contribution in [3.05, 3.63) is 35.8 Å². The average Bonchev–Trinajstić information content (AvgIpc) is 3.64. The third-order valence-corrected chi connectivity index (χ3v) is 17.5. The van der Waals surface area contributed by atoms with Gasteiger partial charge in [-0.05, 0) is 127 Å². The second-order valence-electron chi connectivity index (χ2n) is 23.0. The summed E-state index contributed by atoms with van der Waals surface area (Å²) in [6.07, 6.45) is -9.49. The Kier molecular flexibility index (Phi) is 26.1. The first kappa shape index (κ1) is 66.3. The van der Waals surface area contributed by atoms with Crippen molar-refractivity contribution < 1.29 is 114 Å². The first-order chi connectivity index (χ1) is 37.0. The van der Waals surface area contributed by atoms with Crippen LogP contribution in [0.3, 0.4) is 0 Å². The number of carbonyl (C=O) groups is 1. The monoisotopic (exact) mass is 1120 g/mol. The Labute approximate surface area is 458 Å². The SMILES string of the molecule is C=C1CC2CC[C@H]3[C@@](C)(CCC[C@@]3(C)C(=O)OC(OC(C)CO)C(O)C(COCC3OC(CO)C(O)=C[C@@H]3O)C(C)O)[C@@H]2CC[C@H]1CCC(OC(OC(CO)[C@H](C)O)[C@@H](O)CO)[C@@H](CO)COCC1OC(CO)C(O)=C[C@@H]1O. The highest BCUT2D eigenvalue weighted by Gasteiger charge is 2.60. The number of aliphatic hydroxyl groups excluding tert-OH is 14. The van der Waals surface area contributed by atoms with E-state index >= 15 is 0 Å². The summed E-state index contributed by atoms with van der Waals surface area (Å²) in [6, 6.07) is 0. The van der Waals surface area contributed by atoms with E-state index in [-0.39, 0.29) is 73.5 Å². The Balaban J connectivity index is 1.30. The molecule has 23 nitrogen and oxygen atoms in total. The molecule has 0 saturated heterocycles. The molecule has 0 radical (unpaired) electrons. The summed E-state index contributed by atoms with van der Waals surface area (Å²) in [5.74, 6) is -2.85. The van der Waals surface area contributed by atoms with Crippen molar-refractivity contribution in [1.82, 2.24) is 0 Å². The van der Waals surface area contributed by atoms with Crippen molar-refractivity contribution in [3.63, 3.8) is 0 Å². The molecule has 0 bridgehead atoms. The van der Waals surface area contributed by atoms with Gasteiger partial charge in [-0.1, -0.05) is 25.5 Å². The Hall–Kier alpha value is -2.47. The minimum absolute atomic E-state index is 0.0314. The van der Waals surface area contributed by atoms with Crippen LogP contribution in [0.4, 0.5) is 0 Å². The summed E-state index contributed by atoms with van der Waals surface area (Å²) >= 11 is 0. The molecule has 5 aliphatic rings. The van der Waals surface area contributed by atoms with E-state index in [0.29, 0.717) is 25.7 Å². The van der Waals surface area contributed by atoms with Crippen molar-refractivity contribution in [2.24, 2.45) is 46.3 Å². The fourth-order valence-electron chi connectivity index (χ4n) is 12.7. The van der Waals surface area contributed by atoms with E-state index in [4.69, 9.17) is 37.9 Å². The topological polar surface area (TPSA) is 374 Å². The highest BCUT2D eigenvalue weighted by molar-refractivity contribution is 5.77. The van der Waals surface area contributed by atoms with E-state index in [9.17, 15) is 76.3 Å². The van der Waals surface area contributed by atoms with Crippen molar-refractivity contribution in [2.75, 3.05) is 66.1 Å². The molecular formula is C55H94O23. The van der Waals surface area contributed by atoms with Gasteiger partial charge in [0.1, 0.15) is 66.5 Å². The van der Waals surface area contributed by atoms with E-state index in [1.807, 2.05) is 6.92 Å².